The average Bonchev–Trinajstić information content (AvgIpc) is 3.23. The zero-order chi connectivity index (χ0) is 25.8. The number of hydrogen-bond acceptors (Lipinski definition) is 3. The molecule has 1 aliphatic rings. The summed E-state index contributed by atoms with van der Waals surface area (Å²) in [5.74, 6) is -0.140. The summed E-state index contributed by atoms with van der Waals surface area (Å²) < 4.78 is 3.71. The van der Waals surface area contributed by atoms with Crippen molar-refractivity contribution in [3.05, 3.63) is 94.6 Å². The van der Waals surface area contributed by atoms with Gasteiger partial charge in [0.15, 0.2) is 5.78 Å². The summed E-state index contributed by atoms with van der Waals surface area (Å²) in [6, 6.07) is 21.6. The Balaban J connectivity index is 0.00000320. The van der Waals surface area contributed by atoms with E-state index in [0.717, 1.165) is 33.4 Å². The highest BCUT2D eigenvalue weighted by atomic mass is 79.9. The van der Waals surface area contributed by atoms with E-state index >= 15 is 0 Å². The Morgan fingerprint density at radius 1 is 0.946 bits per heavy atom. The molecule has 2 N–H and O–H groups in total. The molecule has 1 amide bonds. The van der Waals surface area contributed by atoms with Gasteiger partial charge < -0.3 is 14.5 Å². The van der Waals surface area contributed by atoms with E-state index in [4.69, 9.17) is 5.41 Å². The zero-order valence-electron chi connectivity index (χ0n) is 21.9. The zero-order valence-corrected chi connectivity index (χ0v) is 23.6. The molecule has 5 rings (SSSR count). The molecule has 3 aromatic carbocycles. The number of nitrogens with one attached hydrogen (secondary N) is 2. The van der Waals surface area contributed by atoms with Crippen LogP contribution in [0.15, 0.2) is 66.7 Å². The fraction of sp³-hybridized carbons (Fsp3) is 0.300. The lowest BCUT2D eigenvalue weighted by Gasteiger charge is -2.24. The third kappa shape index (κ3) is 4.57. The minimum atomic E-state index is -0.717. The van der Waals surface area contributed by atoms with E-state index in [1.54, 1.807) is 4.57 Å². The van der Waals surface area contributed by atoms with Gasteiger partial charge >= 0.3 is 0 Å². The van der Waals surface area contributed by atoms with E-state index in [1.165, 1.54) is 0 Å². The lowest BCUT2D eigenvalue weighted by Crippen LogP contribution is -2.28. The van der Waals surface area contributed by atoms with Crippen molar-refractivity contribution in [2.24, 2.45) is 0 Å². The molecule has 0 fully saturated rings. The molecular weight excluding hydrogens is 528 g/mol. The molecule has 7 heteroatoms. The summed E-state index contributed by atoms with van der Waals surface area (Å²) in [7, 11) is 0. The van der Waals surface area contributed by atoms with Crippen LogP contribution < -0.4 is 10.9 Å². The predicted octanol–water partition coefficient (Wildman–Crippen LogP) is 5.96. The van der Waals surface area contributed by atoms with Gasteiger partial charge in [-0.15, -0.1) is 17.0 Å². The Labute approximate surface area is 227 Å². The second-order valence-corrected chi connectivity index (χ2v) is 11.2. The number of halogens is 1. The van der Waals surface area contributed by atoms with Gasteiger partial charge in [-0.05, 0) is 60.2 Å². The minimum absolute atomic E-state index is 0. The number of aromatic nitrogens is 2. The van der Waals surface area contributed by atoms with Gasteiger partial charge in [-0.2, -0.15) is 0 Å². The highest BCUT2D eigenvalue weighted by Crippen LogP contribution is 2.44. The molecular formula is C30H33BrN4O2. The summed E-state index contributed by atoms with van der Waals surface area (Å²) >= 11 is 0. The number of ketones is 1. The quantitative estimate of drug-likeness (QED) is 0.295. The van der Waals surface area contributed by atoms with Crippen molar-refractivity contribution in [1.29, 1.82) is 5.41 Å². The van der Waals surface area contributed by atoms with Crippen LogP contribution in [0.1, 0.15) is 61.7 Å². The first-order valence-electron chi connectivity index (χ1n) is 12.3. The number of anilines is 1. The lowest BCUT2D eigenvalue weighted by molar-refractivity contribution is -0.119. The first-order chi connectivity index (χ1) is 17.0. The van der Waals surface area contributed by atoms with Crippen molar-refractivity contribution in [3.8, 4) is 0 Å². The number of fused-ring (bicyclic) bond motifs is 2. The van der Waals surface area contributed by atoms with E-state index in [9.17, 15) is 9.59 Å². The highest BCUT2D eigenvalue weighted by Gasteiger charge is 2.41. The molecule has 37 heavy (non-hydrogen) atoms. The maximum absolute atomic E-state index is 13.7. The number of imidazole rings is 1. The Kier molecular flexibility index (Phi) is 6.80. The first kappa shape index (κ1) is 26.6. The van der Waals surface area contributed by atoms with Crippen LogP contribution in [-0.4, -0.2) is 20.8 Å². The molecule has 0 spiro atoms. The van der Waals surface area contributed by atoms with Gasteiger partial charge in [-0.1, -0.05) is 63.2 Å². The van der Waals surface area contributed by atoms with E-state index in [2.05, 4.69) is 26.1 Å². The van der Waals surface area contributed by atoms with Crippen LogP contribution in [0, 0.1) is 5.41 Å². The molecule has 1 aromatic heterocycles. The number of carbonyl (C=O) groups excluding carboxylic acids is 2. The summed E-state index contributed by atoms with van der Waals surface area (Å²) in [4.78, 5) is 26.5. The maximum atomic E-state index is 13.7. The Morgan fingerprint density at radius 3 is 2.16 bits per heavy atom. The standard InChI is InChI=1S/C30H32N4O2.BrH/c1-29(2,3)21-15-20(16-22-26(21)32-27(36)30(22,4)5)25(35)18-34-24-14-10-9-13-23(24)33(28(34)31)17-19-11-7-6-8-12-19;/h6-16,31H,17-18H2,1-5H3,(H,32,36);1H. The van der Waals surface area contributed by atoms with E-state index in [-0.39, 0.29) is 46.2 Å². The average molecular weight is 562 g/mol. The molecule has 192 valence electrons. The van der Waals surface area contributed by atoms with E-state index in [0.29, 0.717) is 12.1 Å². The smallest absolute Gasteiger partial charge is 0.234 e. The van der Waals surface area contributed by atoms with Crippen molar-refractivity contribution in [3.63, 3.8) is 0 Å². The summed E-state index contributed by atoms with van der Waals surface area (Å²) in [6.07, 6.45) is 0. The largest absolute Gasteiger partial charge is 0.325 e. The number of rotatable bonds is 5. The van der Waals surface area contributed by atoms with E-state index < -0.39 is 5.41 Å². The SMILES string of the molecule is Br.CC(C)(C)c1cc(C(=O)Cn2c(=N)n(Cc3ccccc3)c3ccccc32)cc2c1NC(=O)C2(C)C. The molecule has 4 aromatic rings. The molecule has 0 radical (unpaired) electrons. The normalized spacial score (nSPS) is 14.2. The number of amides is 1. The van der Waals surface area contributed by atoms with Crippen LogP contribution in [0.3, 0.4) is 0 Å². The van der Waals surface area contributed by atoms with E-state index in [1.807, 2.05) is 85.1 Å². The van der Waals surface area contributed by atoms with Crippen molar-refractivity contribution in [2.45, 2.75) is 58.5 Å². The molecule has 2 heterocycles. The van der Waals surface area contributed by atoms with Gasteiger partial charge in [-0.25, -0.2) is 0 Å². The molecule has 0 atom stereocenters. The second kappa shape index (κ2) is 9.45. The second-order valence-electron chi connectivity index (χ2n) is 11.2. The fourth-order valence-electron chi connectivity index (χ4n) is 5.03. The van der Waals surface area contributed by atoms with Gasteiger partial charge in [0, 0.05) is 11.3 Å². The Hall–Kier alpha value is -3.45. The number of hydrogen-bond donors (Lipinski definition) is 2. The molecule has 0 aliphatic carbocycles. The first-order valence-corrected chi connectivity index (χ1v) is 12.3. The predicted molar refractivity (Wildman–Crippen MR) is 153 cm³/mol. The van der Waals surface area contributed by atoms with Gasteiger partial charge in [0.1, 0.15) is 0 Å². The third-order valence-electron chi connectivity index (χ3n) is 7.21. The summed E-state index contributed by atoms with van der Waals surface area (Å²) in [5.41, 5.74) is 5.35. The molecule has 0 saturated heterocycles. The van der Waals surface area contributed by atoms with Crippen LogP contribution in [0.25, 0.3) is 11.0 Å². The van der Waals surface area contributed by atoms with Crippen molar-refractivity contribution in [2.75, 3.05) is 5.32 Å². The monoisotopic (exact) mass is 560 g/mol. The van der Waals surface area contributed by atoms with Crippen molar-refractivity contribution < 1.29 is 9.59 Å². The number of carbonyl (C=O) groups is 2. The number of Topliss-reactive ketones (excluding diaryl/α,β-unsaturated/α-hetero) is 1. The van der Waals surface area contributed by atoms with Gasteiger partial charge in [0.2, 0.25) is 11.5 Å². The Morgan fingerprint density at radius 2 is 1.54 bits per heavy atom. The molecule has 0 bridgehead atoms. The summed E-state index contributed by atoms with van der Waals surface area (Å²) in [6.45, 7) is 10.6. The lowest BCUT2D eigenvalue weighted by atomic mass is 9.79. The maximum Gasteiger partial charge on any atom is 0.234 e. The minimum Gasteiger partial charge on any atom is -0.325 e. The fourth-order valence-corrected chi connectivity index (χ4v) is 5.03. The van der Waals surface area contributed by atoms with Gasteiger partial charge in [0.25, 0.3) is 0 Å². The Bertz CT molecular complexity index is 1570. The van der Waals surface area contributed by atoms with Crippen LogP contribution >= 0.6 is 17.0 Å². The van der Waals surface area contributed by atoms with Crippen LogP contribution in [-0.2, 0) is 28.7 Å². The third-order valence-corrected chi connectivity index (χ3v) is 7.21. The van der Waals surface area contributed by atoms with Crippen LogP contribution in [0.4, 0.5) is 5.69 Å². The van der Waals surface area contributed by atoms with Crippen LogP contribution in [0.5, 0.6) is 0 Å². The molecule has 1 aliphatic heterocycles. The molecule has 0 saturated carbocycles. The van der Waals surface area contributed by atoms with Gasteiger partial charge in [0.05, 0.1) is 29.5 Å². The van der Waals surface area contributed by atoms with Crippen molar-refractivity contribution in [1.82, 2.24) is 9.13 Å². The van der Waals surface area contributed by atoms with Gasteiger partial charge in [-0.3, -0.25) is 15.0 Å². The van der Waals surface area contributed by atoms with Crippen molar-refractivity contribution >= 4 is 45.4 Å². The number of para-hydroxylation sites is 2. The molecule has 6 nitrogen and oxygen atoms in total. The number of benzene rings is 3. The number of nitrogens with zero attached hydrogens (tertiary/aromatic N) is 2. The molecule has 0 unspecified atom stereocenters. The highest BCUT2D eigenvalue weighted by molar-refractivity contribution is 8.93. The summed E-state index contributed by atoms with van der Waals surface area (Å²) in [5, 5.41) is 12.0. The topological polar surface area (TPSA) is 79.9 Å². The van der Waals surface area contributed by atoms with Crippen LogP contribution in [0.2, 0.25) is 0 Å².